The number of nitrogens with one attached hydrogen (secondary N) is 1. The smallest absolute Gasteiger partial charge is 0.422 e. The van der Waals surface area contributed by atoms with Gasteiger partial charge in [-0.25, -0.2) is 4.79 Å². The van der Waals surface area contributed by atoms with Crippen molar-refractivity contribution in [2.75, 3.05) is 6.61 Å². The largest absolute Gasteiger partial charge is 0.440 e. The number of aryl methyl sites for hydroxylation is 1. The number of carbonyl (C=O) groups excluding carboxylic acids is 1. The molecule has 0 aliphatic heterocycles. The molecule has 1 N–H and O–H groups in total. The summed E-state index contributed by atoms with van der Waals surface area (Å²) in [6.45, 7) is 2.07. The molecule has 0 spiro atoms. The number of benzene rings is 1. The SMILES string of the molecule is Cc1ccccc1CC(C)NC(=O)OCC(F)(F)F. The zero-order valence-corrected chi connectivity index (χ0v) is 10.8. The molecule has 1 unspecified atom stereocenters. The third-order valence-electron chi connectivity index (χ3n) is 2.52. The first-order valence-corrected chi connectivity index (χ1v) is 5.82. The van der Waals surface area contributed by atoms with E-state index < -0.39 is 18.9 Å². The summed E-state index contributed by atoms with van der Waals surface area (Å²) in [7, 11) is 0. The van der Waals surface area contributed by atoms with Crippen LogP contribution in [0.25, 0.3) is 0 Å². The first kappa shape index (κ1) is 15.3. The summed E-state index contributed by atoms with van der Waals surface area (Å²) in [4.78, 5) is 11.1. The maximum absolute atomic E-state index is 11.8. The van der Waals surface area contributed by atoms with Crippen molar-refractivity contribution in [3.8, 4) is 0 Å². The number of hydrogen-bond acceptors (Lipinski definition) is 2. The van der Waals surface area contributed by atoms with Gasteiger partial charge in [-0.1, -0.05) is 24.3 Å². The molecule has 0 bridgehead atoms. The summed E-state index contributed by atoms with van der Waals surface area (Å²) >= 11 is 0. The second kappa shape index (κ2) is 6.45. The van der Waals surface area contributed by atoms with Gasteiger partial charge in [0.15, 0.2) is 6.61 Å². The molecule has 0 heterocycles. The molecule has 0 saturated carbocycles. The zero-order valence-electron chi connectivity index (χ0n) is 10.8. The Labute approximate surface area is 109 Å². The lowest BCUT2D eigenvalue weighted by Crippen LogP contribution is -2.36. The van der Waals surface area contributed by atoms with Gasteiger partial charge in [-0.3, -0.25) is 0 Å². The van der Waals surface area contributed by atoms with Gasteiger partial charge in [0.25, 0.3) is 0 Å². The Morgan fingerprint density at radius 2 is 2.00 bits per heavy atom. The molecule has 6 heteroatoms. The molecule has 3 nitrogen and oxygen atoms in total. The highest BCUT2D eigenvalue weighted by molar-refractivity contribution is 5.67. The molecule has 0 fully saturated rings. The van der Waals surface area contributed by atoms with Crippen LogP contribution in [0.1, 0.15) is 18.1 Å². The van der Waals surface area contributed by atoms with Gasteiger partial charge >= 0.3 is 12.3 Å². The third kappa shape index (κ3) is 6.13. The number of amides is 1. The molecule has 1 atom stereocenters. The van der Waals surface area contributed by atoms with Crippen LogP contribution in [0.5, 0.6) is 0 Å². The monoisotopic (exact) mass is 275 g/mol. The zero-order chi connectivity index (χ0) is 14.5. The first-order valence-electron chi connectivity index (χ1n) is 5.82. The van der Waals surface area contributed by atoms with Gasteiger partial charge in [-0.05, 0) is 31.4 Å². The van der Waals surface area contributed by atoms with Gasteiger partial charge < -0.3 is 10.1 Å². The van der Waals surface area contributed by atoms with Crippen LogP contribution in [-0.2, 0) is 11.2 Å². The molecule has 0 aliphatic carbocycles. The predicted molar refractivity (Wildman–Crippen MR) is 64.9 cm³/mol. The molecular weight excluding hydrogens is 259 g/mol. The topological polar surface area (TPSA) is 38.3 Å². The number of ether oxygens (including phenoxy) is 1. The Kier molecular flexibility index (Phi) is 5.20. The fourth-order valence-electron chi connectivity index (χ4n) is 1.61. The summed E-state index contributed by atoms with van der Waals surface area (Å²) in [6, 6.07) is 7.31. The first-order chi connectivity index (χ1) is 8.78. The van der Waals surface area contributed by atoms with Gasteiger partial charge in [0, 0.05) is 6.04 Å². The quantitative estimate of drug-likeness (QED) is 0.916. The van der Waals surface area contributed by atoms with E-state index in [4.69, 9.17) is 0 Å². The van der Waals surface area contributed by atoms with Crippen molar-refractivity contribution in [2.45, 2.75) is 32.5 Å². The van der Waals surface area contributed by atoms with Crippen LogP contribution in [0.3, 0.4) is 0 Å². The van der Waals surface area contributed by atoms with Crippen molar-refractivity contribution < 1.29 is 22.7 Å². The Bertz CT molecular complexity index is 432. The number of hydrogen-bond donors (Lipinski definition) is 1. The molecule has 0 radical (unpaired) electrons. The summed E-state index contributed by atoms with van der Waals surface area (Å²) < 4.78 is 39.6. The van der Waals surface area contributed by atoms with Crippen molar-refractivity contribution in [2.24, 2.45) is 0 Å². The lowest BCUT2D eigenvalue weighted by atomic mass is 10.0. The van der Waals surface area contributed by atoms with Gasteiger partial charge in [0.1, 0.15) is 0 Å². The maximum Gasteiger partial charge on any atom is 0.422 e. The van der Waals surface area contributed by atoms with Crippen molar-refractivity contribution in [3.63, 3.8) is 0 Å². The van der Waals surface area contributed by atoms with E-state index in [-0.39, 0.29) is 6.04 Å². The van der Waals surface area contributed by atoms with E-state index in [0.29, 0.717) is 6.42 Å². The van der Waals surface area contributed by atoms with Crippen LogP contribution in [-0.4, -0.2) is 24.9 Å². The Balaban J connectivity index is 2.41. The van der Waals surface area contributed by atoms with Crippen LogP contribution in [0.15, 0.2) is 24.3 Å². The molecule has 1 amide bonds. The van der Waals surface area contributed by atoms with Crippen molar-refractivity contribution in [3.05, 3.63) is 35.4 Å². The normalized spacial score (nSPS) is 12.9. The number of carbonyl (C=O) groups is 1. The average molecular weight is 275 g/mol. The molecule has 0 aliphatic rings. The van der Waals surface area contributed by atoms with Gasteiger partial charge in [-0.15, -0.1) is 0 Å². The molecule has 1 aromatic carbocycles. The molecule has 1 aromatic rings. The van der Waals surface area contributed by atoms with Gasteiger partial charge in [0.05, 0.1) is 0 Å². The highest BCUT2D eigenvalue weighted by Crippen LogP contribution is 2.14. The van der Waals surface area contributed by atoms with Crippen molar-refractivity contribution in [1.29, 1.82) is 0 Å². The second-order valence-corrected chi connectivity index (χ2v) is 4.37. The highest BCUT2D eigenvalue weighted by Gasteiger charge is 2.29. The van der Waals surface area contributed by atoms with Crippen LogP contribution in [0.2, 0.25) is 0 Å². The lowest BCUT2D eigenvalue weighted by Gasteiger charge is -2.15. The van der Waals surface area contributed by atoms with Gasteiger partial charge in [-0.2, -0.15) is 13.2 Å². The fourth-order valence-corrected chi connectivity index (χ4v) is 1.61. The summed E-state index contributed by atoms with van der Waals surface area (Å²) in [5, 5.41) is 2.37. The summed E-state index contributed by atoms with van der Waals surface area (Å²) in [6.07, 6.45) is -5.02. The number of halogens is 3. The molecule has 19 heavy (non-hydrogen) atoms. The summed E-state index contributed by atoms with van der Waals surface area (Å²) in [5.74, 6) is 0. The predicted octanol–water partition coefficient (Wildman–Crippen LogP) is 3.21. The standard InChI is InChI=1S/C13H16F3NO2/c1-9-5-3-4-6-11(9)7-10(2)17-12(18)19-8-13(14,15)16/h3-6,10H,7-8H2,1-2H3,(H,17,18). The Hall–Kier alpha value is -1.72. The summed E-state index contributed by atoms with van der Waals surface area (Å²) in [5.41, 5.74) is 2.10. The van der Waals surface area contributed by atoms with Crippen molar-refractivity contribution >= 4 is 6.09 Å². The number of alkyl carbamates (subject to hydrolysis) is 1. The van der Waals surface area contributed by atoms with E-state index in [9.17, 15) is 18.0 Å². The second-order valence-electron chi connectivity index (χ2n) is 4.37. The number of alkyl halides is 3. The third-order valence-corrected chi connectivity index (χ3v) is 2.52. The van der Waals surface area contributed by atoms with E-state index in [1.807, 2.05) is 31.2 Å². The lowest BCUT2D eigenvalue weighted by molar-refractivity contribution is -0.160. The Morgan fingerprint density at radius 3 is 2.58 bits per heavy atom. The molecule has 0 saturated heterocycles. The minimum Gasteiger partial charge on any atom is -0.440 e. The fraction of sp³-hybridized carbons (Fsp3) is 0.462. The van der Waals surface area contributed by atoms with Gasteiger partial charge in [0.2, 0.25) is 0 Å². The van der Waals surface area contributed by atoms with E-state index in [0.717, 1.165) is 11.1 Å². The number of rotatable bonds is 4. The maximum atomic E-state index is 11.8. The van der Waals surface area contributed by atoms with Crippen LogP contribution >= 0.6 is 0 Å². The highest BCUT2D eigenvalue weighted by atomic mass is 19.4. The molecule has 106 valence electrons. The van der Waals surface area contributed by atoms with Crippen LogP contribution in [0, 0.1) is 6.92 Å². The van der Waals surface area contributed by atoms with Crippen LogP contribution < -0.4 is 5.32 Å². The molecule has 1 rings (SSSR count). The van der Waals surface area contributed by atoms with E-state index in [1.165, 1.54) is 0 Å². The van der Waals surface area contributed by atoms with E-state index in [2.05, 4.69) is 10.1 Å². The molecular formula is C13H16F3NO2. The average Bonchev–Trinajstić information content (AvgIpc) is 2.29. The minimum atomic E-state index is -4.50. The van der Waals surface area contributed by atoms with Crippen LogP contribution in [0.4, 0.5) is 18.0 Å². The van der Waals surface area contributed by atoms with Crippen molar-refractivity contribution in [1.82, 2.24) is 5.32 Å². The van der Waals surface area contributed by atoms with E-state index >= 15 is 0 Å². The van der Waals surface area contributed by atoms with E-state index in [1.54, 1.807) is 6.92 Å². The molecule has 0 aromatic heterocycles. The minimum absolute atomic E-state index is 0.304. The Morgan fingerprint density at radius 1 is 1.37 bits per heavy atom.